The van der Waals surface area contributed by atoms with Crippen molar-refractivity contribution in [1.29, 1.82) is 0 Å². The molecule has 0 heterocycles. The van der Waals surface area contributed by atoms with E-state index in [1.807, 2.05) is 0 Å². The number of anilines is 2. The van der Waals surface area contributed by atoms with E-state index in [9.17, 15) is 0 Å². The summed E-state index contributed by atoms with van der Waals surface area (Å²) in [6, 6.07) is 17.6. The van der Waals surface area contributed by atoms with Gasteiger partial charge < -0.3 is 4.90 Å². The molecule has 1 unspecified atom stereocenters. The standard InChI is InChI=1S/C22H31N/c1-5-7-11-20(6-2)17-23(21-12-9-8-10-13-21)22-15-14-18(3)16-19(22)4/h8-10,12-16,20H,5-7,11,17H2,1-4H3. The van der Waals surface area contributed by atoms with Gasteiger partial charge in [0, 0.05) is 17.9 Å². The molecule has 2 aromatic carbocycles. The summed E-state index contributed by atoms with van der Waals surface area (Å²) in [4.78, 5) is 2.51. The van der Waals surface area contributed by atoms with Gasteiger partial charge in [0.1, 0.15) is 0 Å². The average Bonchev–Trinajstić information content (AvgIpc) is 2.57. The van der Waals surface area contributed by atoms with Gasteiger partial charge in [0.2, 0.25) is 0 Å². The number of benzene rings is 2. The van der Waals surface area contributed by atoms with Crippen LogP contribution in [0.1, 0.15) is 50.7 Å². The first kappa shape index (κ1) is 17.6. The summed E-state index contributed by atoms with van der Waals surface area (Å²) in [5.74, 6) is 0.746. The first-order valence-electron chi connectivity index (χ1n) is 9.05. The van der Waals surface area contributed by atoms with Gasteiger partial charge in [-0.25, -0.2) is 0 Å². The second-order valence-corrected chi connectivity index (χ2v) is 6.65. The summed E-state index contributed by atoms with van der Waals surface area (Å²) in [5, 5.41) is 0. The Labute approximate surface area is 142 Å². The van der Waals surface area contributed by atoms with Crippen LogP contribution in [0.25, 0.3) is 0 Å². The van der Waals surface area contributed by atoms with Gasteiger partial charge in [-0.15, -0.1) is 0 Å². The summed E-state index contributed by atoms with van der Waals surface area (Å²) in [5.41, 5.74) is 5.34. The molecule has 0 aliphatic carbocycles. The molecule has 2 rings (SSSR count). The predicted molar refractivity (Wildman–Crippen MR) is 103 cm³/mol. The lowest BCUT2D eigenvalue weighted by molar-refractivity contribution is 0.458. The molecule has 0 N–H and O–H groups in total. The SMILES string of the molecule is CCCCC(CC)CN(c1ccccc1)c1ccc(C)cc1C. The molecule has 0 aliphatic heterocycles. The van der Waals surface area contributed by atoms with E-state index in [4.69, 9.17) is 0 Å². The van der Waals surface area contributed by atoms with Crippen molar-refractivity contribution in [2.75, 3.05) is 11.4 Å². The van der Waals surface area contributed by atoms with Crippen molar-refractivity contribution in [2.24, 2.45) is 5.92 Å². The van der Waals surface area contributed by atoms with Gasteiger partial charge in [-0.3, -0.25) is 0 Å². The van der Waals surface area contributed by atoms with Gasteiger partial charge in [0.05, 0.1) is 0 Å². The van der Waals surface area contributed by atoms with E-state index in [1.54, 1.807) is 0 Å². The van der Waals surface area contributed by atoms with Crippen LogP contribution in [0.4, 0.5) is 11.4 Å². The Kier molecular flexibility index (Phi) is 6.70. The van der Waals surface area contributed by atoms with Crippen LogP contribution in [0, 0.1) is 19.8 Å². The van der Waals surface area contributed by atoms with Crippen LogP contribution in [0.5, 0.6) is 0 Å². The topological polar surface area (TPSA) is 3.24 Å². The van der Waals surface area contributed by atoms with E-state index in [1.165, 1.54) is 48.2 Å². The Balaban J connectivity index is 2.32. The van der Waals surface area contributed by atoms with Crippen molar-refractivity contribution in [1.82, 2.24) is 0 Å². The van der Waals surface area contributed by atoms with E-state index in [2.05, 4.69) is 81.1 Å². The third kappa shape index (κ3) is 4.86. The lowest BCUT2D eigenvalue weighted by atomic mass is 9.97. The molecule has 1 nitrogen and oxygen atoms in total. The zero-order valence-corrected chi connectivity index (χ0v) is 15.2. The van der Waals surface area contributed by atoms with Gasteiger partial charge in [-0.2, -0.15) is 0 Å². The Morgan fingerprint density at radius 2 is 1.70 bits per heavy atom. The Morgan fingerprint density at radius 3 is 2.30 bits per heavy atom. The third-order valence-corrected chi connectivity index (χ3v) is 4.70. The van der Waals surface area contributed by atoms with Gasteiger partial charge in [-0.05, 0) is 49.9 Å². The van der Waals surface area contributed by atoms with E-state index in [0.29, 0.717) is 0 Å². The van der Waals surface area contributed by atoms with Crippen molar-refractivity contribution in [3.05, 3.63) is 59.7 Å². The van der Waals surface area contributed by atoms with Crippen molar-refractivity contribution >= 4 is 11.4 Å². The molecule has 0 aromatic heterocycles. The molecule has 0 aliphatic rings. The van der Waals surface area contributed by atoms with E-state index < -0.39 is 0 Å². The molecular formula is C22H31N. The molecule has 124 valence electrons. The molecule has 1 heteroatoms. The second-order valence-electron chi connectivity index (χ2n) is 6.65. The Morgan fingerprint density at radius 1 is 0.957 bits per heavy atom. The summed E-state index contributed by atoms with van der Waals surface area (Å²) in [6.07, 6.45) is 5.18. The molecule has 0 spiro atoms. The highest BCUT2D eigenvalue weighted by atomic mass is 15.1. The highest BCUT2D eigenvalue weighted by Crippen LogP contribution is 2.31. The van der Waals surface area contributed by atoms with Crippen molar-refractivity contribution in [2.45, 2.75) is 53.4 Å². The van der Waals surface area contributed by atoms with Gasteiger partial charge in [0.15, 0.2) is 0 Å². The maximum absolute atomic E-state index is 2.51. The number of hydrogen-bond acceptors (Lipinski definition) is 1. The molecule has 0 amide bonds. The quantitative estimate of drug-likeness (QED) is 0.527. The van der Waals surface area contributed by atoms with Crippen LogP contribution in [0.2, 0.25) is 0 Å². The maximum Gasteiger partial charge on any atom is 0.0440 e. The van der Waals surface area contributed by atoms with Crippen LogP contribution in [-0.2, 0) is 0 Å². The fourth-order valence-electron chi connectivity index (χ4n) is 3.23. The molecule has 0 radical (unpaired) electrons. The van der Waals surface area contributed by atoms with E-state index >= 15 is 0 Å². The van der Waals surface area contributed by atoms with Crippen molar-refractivity contribution in [3.8, 4) is 0 Å². The van der Waals surface area contributed by atoms with Crippen LogP contribution >= 0.6 is 0 Å². The van der Waals surface area contributed by atoms with Crippen LogP contribution in [0.3, 0.4) is 0 Å². The minimum absolute atomic E-state index is 0.746. The summed E-state index contributed by atoms with van der Waals surface area (Å²) < 4.78 is 0. The number of nitrogens with zero attached hydrogens (tertiary/aromatic N) is 1. The molecule has 0 bridgehead atoms. The minimum atomic E-state index is 0.746. The number of aryl methyl sites for hydroxylation is 2. The highest BCUT2D eigenvalue weighted by Gasteiger charge is 2.16. The zero-order valence-electron chi connectivity index (χ0n) is 15.2. The van der Waals surface area contributed by atoms with Gasteiger partial charge in [-0.1, -0.05) is 69.0 Å². The van der Waals surface area contributed by atoms with E-state index in [-0.39, 0.29) is 0 Å². The normalized spacial score (nSPS) is 12.2. The molecule has 0 saturated carbocycles. The molecule has 1 atom stereocenters. The third-order valence-electron chi connectivity index (χ3n) is 4.70. The van der Waals surface area contributed by atoms with Gasteiger partial charge in [0.25, 0.3) is 0 Å². The van der Waals surface area contributed by atoms with Crippen molar-refractivity contribution in [3.63, 3.8) is 0 Å². The summed E-state index contributed by atoms with van der Waals surface area (Å²) in [7, 11) is 0. The highest BCUT2D eigenvalue weighted by molar-refractivity contribution is 5.66. The molecule has 0 fully saturated rings. The second kappa shape index (κ2) is 8.76. The zero-order chi connectivity index (χ0) is 16.7. The first-order valence-corrected chi connectivity index (χ1v) is 9.05. The van der Waals surface area contributed by atoms with Crippen LogP contribution in [-0.4, -0.2) is 6.54 Å². The lowest BCUT2D eigenvalue weighted by Gasteiger charge is -2.31. The van der Waals surface area contributed by atoms with E-state index in [0.717, 1.165) is 12.5 Å². The molecule has 23 heavy (non-hydrogen) atoms. The Bertz CT molecular complexity index is 588. The monoisotopic (exact) mass is 309 g/mol. The fraction of sp³-hybridized carbons (Fsp3) is 0.455. The first-order chi connectivity index (χ1) is 11.2. The minimum Gasteiger partial charge on any atom is -0.341 e. The molecule has 0 saturated heterocycles. The number of hydrogen-bond donors (Lipinski definition) is 0. The number of rotatable bonds is 8. The van der Waals surface area contributed by atoms with Gasteiger partial charge >= 0.3 is 0 Å². The largest absolute Gasteiger partial charge is 0.341 e. The average molecular weight is 309 g/mol. The van der Waals surface area contributed by atoms with Crippen LogP contribution in [0.15, 0.2) is 48.5 Å². The lowest BCUT2D eigenvalue weighted by Crippen LogP contribution is -2.25. The van der Waals surface area contributed by atoms with Crippen molar-refractivity contribution < 1.29 is 0 Å². The molecule has 2 aromatic rings. The number of para-hydroxylation sites is 1. The number of unbranched alkanes of at least 4 members (excludes halogenated alkanes) is 1. The Hall–Kier alpha value is -1.76. The fourth-order valence-corrected chi connectivity index (χ4v) is 3.23. The smallest absolute Gasteiger partial charge is 0.0440 e. The summed E-state index contributed by atoms with van der Waals surface area (Å²) in [6.45, 7) is 10.1. The predicted octanol–water partition coefficient (Wildman–Crippen LogP) is 6.66. The maximum atomic E-state index is 2.51. The molecular weight excluding hydrogens is 278 g/mol. The summed E-state index contributed by atoms with van der Waals surface area (Å²) >= 11 is 0. The van der Waals surface area contributed by atoms with Crippen LogP contribution < -0.4 is 4.90 Å².